The maximum atomic E-state index is 5.79. The molecule has 0 aliphatic rings. The molecule has 0 aromatic heterocycles. The van der Waals surface area contributed by atoms with Crippen molar-refractivity contribution in [2.24, 2.45) is 0 Å². The van der Waals surface area contributed by atoms with Crippen LogP contribution in [0.1, 0.15) is 38.2 Å². The van der Waals surface area contributed by atoms with Crippen LogP contribution < -0.4 is 0 Å². The summed E-state index contributed by atoms with van der Waals surface area (Å²) in [6, 6.07) is 7.82. The average Bonchev–Trinajstić information content (AvgIpc) is 2.26. The second kappa shape index (κ2) is 7.72. The lowest BCUT2D eigenvalue weighted by atomic mass is 10.2. The normalized spacial score (nSPS) is 10.5. The molecule has 0 amide bonds. The molecule has 84 valence electrons. The zero-order valence-electron chi connectivity index (χ0n) is 9.34. The standard InChI is InChI=1S/C13H19ClO/c1-2-3-4-5-10-15-11-12-6-8-13(14)9-7-12/h6-9H,2-5,10-11H2,1H3. The zero-order chi connectivity index (χ0) is 10.9. The third-order valence-electron chi connectivity index (χ3n) is 2.32. The zero-order valence-corrected chi connectivity index (χ0v) is 10.1. The van der Waals surface area contributed by atoms with Crippen molar-refractivity contribution in [1.82, 2.24) is 0 Å². The number of halogens is 1. The summed E-state index contributed by atoms with van der Waals surface area (Å²) in [5, 5.41) is 0.779. The van der Waals surface area contributed by atoms with Crippen LogP contribution in [0.25, 0.3) is 0 Å². The Hall–Kier alpha value is -0.530. The molecule has 1 aromatic rings. The first-order chi connectivity index (χ1) is 7.33. The topological polar surface area (TPSA) is 9.23 Å². The van der Waals surface area contributed by atoms with Gasteiger partial charge in [-0.05, 0) is 24.1 Å². The van der Waals surface area contributed by atoms with Gasteiger partial charge in [0, 0.05) is 11.6 Å². The van der Waals surface area contributed by atoms with E-state index in [1.54, 1.807) is 0 Å². The minimum Gasteiger partial charge on any atom is -0.377 e. The van der Waals surface area contributed by atoms with E-state index in [9.17, 15) is 0 Å². The molecule has 0 saturated heterocycles. The van der Waals surface area contributed by atoms with Crippen molar-refractivity contribution in [3.8, 4) is 0 Å². The predicted molar refractivity (Wildman–Crippen MR) is 65.3 cm³/mol. The highest BCUT2D eigenvalue weighted by Gasteiger charge is 1.93. The van der Waals surface area contributed by atoms with Gasteiger partial charge in [0.25, 0.3) is 0 Å². The van der Waals surface area contributed by atoms with Crippen molar-refractivity contribution in [2.75, 3.05) is 6.61 Å². The Bertz CT molecular complexity index is 256. The lowest BCUT2D eigenvalue weighted by Gasteiger charge is -2.04. The Morgan fingerprint density at radius 3 is 2.47 bits per heavy atom. The van der Waals surface area contributed by atoms with Crippen LogP contribution in [-0.2, 0) is 11.3 Å². The molecule has 1 nitrogen and oxygen atoms in total. The number of ether oxygens (including phenoxy) is 1. The van der Waals surface area contributed by atoms with E-state index in [0.29, 0.717) is 6.61 Å². The predicted octanol–water partition coefficient (Wildman–Crippen LogP) is 4.44. The number of benzene rings is 1. The van der Waals surface area contributed by atoms with Gasteiger partial charge in [-0.1, -0.05) is 49.9 Å². The minimum atomic E-state index is 0.698. The highest BCUT2D eigenvalue weighted by atomic mass is 35.5. The molecule has 1 rings (SSSR count). The molecule has 15 heavy (non-hydrogen) atoms. The summed E-state index contributed by atoms with van der Waals surface area (Å²) in [5.41, 5.74) is 1.19. The van der Waals surface area contributed by atoms with Gasteiger partial charge in [-0.25, -0.2) is 0 Å². The van der Waals surface area contributed by atoms with E-state index in [1.165, 1.54) is 31.2 Å². The SMILES string of the molecule is CCCCCCOCc1ccc(Cl)cc1. The third-order valence-corrected chi connectivity index (χ3v) is 2.58. The van der Waals surface area contributed by atoms with Gasteiger partial charge in [0.15, 0.2) is 0 Å². The second-order valence-corrected chi connectivity index (χ2v) is 4.18. The molecular weight excluding hydrogens is 208 g/mol. The lowest BCUT2D eigenvalue weighted by Crippen LogP contribution is -1.95. The first kappa shape index (κ1) is 12.5. The number of hydrogen-bond donors (Lipinski definition) is 0. The monoisotopic (exact) mass is 226 g/mol. The van der Waals surface area contributed by atoms with Crippen LogP contribution in [-0.4, -0.2) is 6.61 Å². The highest BCUT2D eigenvalue weighted by molar-refractivity contribution is 6.30. The molecule has 1 aromatic carbocycles. The fourth-order valence-corrected chi connectivity index (χ4v) is 1.53. The number of rotatable bonds is 7. The largest absolute Gasteiger partial charge is 0.377 e. The van der Waals surface area contributed by atoms with Crippen molar-refractivity contribution in [3.05, 3.63) is 34.9 Å². The van der Waals surface area contributed by atoms with E-state index in [1.807, 2.05) is 24.3 Å². The summed E-state index contributed by atoms with van der Waals surface area (Å²) in [5.74, 6) is 0. The van der Waals surface area contributed by atoms with Crippen molar-refractivity contribution >= 4 is 11.6 Å². The van der Waals surface area contributed by atoms with Crippen LogP contribution in [0.15, 0.2) is 24.3 Å². The van der Waals surface area contributed by atoms with Crippen molar-refractivity contribution < 1.29 is 4.74 Å². The van der Waals surface area contributed by atoms with Gasteiger partial charge in [0.1, 0.15) is 0 Å². The Balaban J connectivity index is 2.07. The van der Waals surface area contributed by atoms with E-state index in [4.69, 9.17) is 16.3 Å². The van der Waals surface area contributed by atoms with E-state index < -0.39 is 0 Å². The summed E-state index contributed by atoms with van der Waals surface area (Å²) < 4.78 is 5.56. The van der Waals surface area contributed by atoms with Crippen LogP contribution in [0.3, 0.4) is 0 Å². The van der Waals surface area contributed by atoms with E-state index in [0.717, 1.165) is 11.6 Å². The Morgan fingerprint density at radius 2 is 1.80 bits per heavy atom. The molecule has 2 heteroatoms. The maximum absolute atomic E-state index is 5.79. The first-order valence-electron chi connectivity index (χ1n) is 5.65. The van der Waals surface area contributed by atoms with Gasteiger partial charge in [0.05, 0.1) is 6.61 Å². The van der Waals surface area contributed by atoms with Gasteiger partial charge in [0.2, 0.25) is 0 Å². The van der Waals surface area contributed by atoms with E-state index in [2.05, 4.69) is 6.92 Å². The average molecular weight is 227 g/mol. The number of hydrogen-bond acceptors (Lipinski definition) is 1. The molecule has 0 radical (unpaired) electrons. The maximum Gasteiger partial charge on any atom is 0.0716 e. The fraction of sp³-hybridized carbons (Fsp3) is 0.538. The van der Waals surface area contributed by atoms with Crippen LogP contribution in [0, 0.1) is 0 Å². The molecule has 0 N–H and O–H groups in total. The molecule has 0 bridgehead atoms. The first-order valence-corrected chi connectivity index (χ1v) is 6.03. The van der Waals surface area contributed by atoms with Gasteiger partial charge < -0.3 is 4.74 Å². The van der Waals surface area contributed by atoms with Gasteiger partial charge in [-0.3, -0.25) is 0 Å². The number of unbranched alkanes of at least 4 members (excludes halogenated alkanes) is 3. The second-order valence-electron chi connectivity index (χ2n) is 3.74. The van der Waals surface area contributed by atoms with Crippen LogP contribution in [0.2, 0.25) is 5.02 Å². The third kappa shape index (κ3) is 5.81. The van der Waals surface area contributed by atoms with Gasteiger partial charge >= 0.3 is 0 Å². The molecule has 0 spiro atoms. The smallest absolute Gasteiger partial charge is 0.0716 e. The molecule has 0 atom stereocenters. The molecule has 0 unspecified atom stereocenters. The summed E-state index contributed by atoms with van der Waals surface area (Å²) in [6.07, 6.45) is 5.03. The quantitative estimate of drug-likeness (QED) is 0.625. The van der Waals surface area contributed by atoms with Crippen LogP contribution in [0.5, 0.6) is 0 Å². The summed E-state index contributed by atoms with van der Waals surface area (Å²) in [4.78, 5) is 0. The summed E-state index contributed by atoms with van der Waals surface area (Å²) >= 11 is 5.79. The van der Waals surface area contributed by atoms with Crippen molar-refractivity contribution in [2.45, 2.75) is 39.2 Å². The molecule has 0 saturated carbocycles. The van der Waals surface area contributed by atoms with Gasteiger partial charge in [-0.15, -0.1) is 0 Å². The Kier molecular flexibility index (Phi) is 6.45. The summed E-state index contributed by atoms with van der Waals surface area (Å²) in [6.45, 7) is 3.78. The Morgan fingerprint density at radius 1 is 1.07 bits per heavy atom. The van der Waals surface area contributed by atoms with Crippen molar-refractivity contribution in [1.29, 1.82) is 0 Å². The van der Waals surface area contributed by atoms with E-state index in [-0.39, 0.29) is 0 Å². The molecule has 0 heterocycles. The van der Waals surface area contributed by atoms with Gasteiger partial charge in [-0.2, -0.15) is 0 Å². The van der Waals surface area contributed by atoms with Crippen LogP contribution >= 0.6 is 11.6 Å². The van der Waals surface area contributed by atoms with Crippen molar-refractivity contribution in [3.63, 3.8) is 0 Å². The summed E-state index contributed by atoms with van der Waals surface area (Å²) in [7, 11) is 0. The molecule has 0 fully saturated rings. The molecule has 0 aliphatic heterocycles. The fourth-order valence-electron chi connectivity index (χ4n) is 1.40. The molecule has 0 aliphatic carbocycles. The Labute approximate surface area is 97.4 Å². The van der Waals surface area contributed by atoms with Crippen LogP contribution in [0.4, 0.5) is 0 Å². The van der Waals surface area contributed by atoms with E-state index >= 15 is 0 Å². The highest BCUT2D eigenvalue weighted by Crippen LogP contribution is 2.10. The lowest BCUT2D eigenvalue weighted by molar-refractivity contribution is 0.117. The molecular formula is C13H19ClO. The minimum absolute atomic E-state index is 0.698.